The van der Waals surface area contributed by atoms with Gasteiger partial charge in [0, 0.05) is 4.90 Å². The molecule has 162 valence electrons. The number of ether oxygens (including phenoxy) is 1. The van der Waals surface area contributed by atoms with Crippen LogP contribution in [0.3, 0.4) is 0 Å². The second-order valence-corrected chi connectivity index (χ2v) is 9.00. The third kappa shape index (κ3) is 6.33. The van der Waals surface area contributed by atoms with Crippen LogP contribution in [-0.4, -0.2) is 56.9 Å². The Balaban J connectivity index is 2.01. The molecule has 1 atom stereocenters. The Labute approximate surface area is 187 Å². The highest BCUT2D eigenvalue weighted by Crippen LogP contribution is 2.24. The van der Waals surface area contributed by atoms with Crippen LogP contribution in [-0.2, 0) is 30.3 Å². The Bertz CT molecular complexity index is 880. The van der Waals surface area contributed by atoms with E-state index in [1.54, 1.807) is 45.0 Å². The SMILES string of the molecule is CC(C)(C)OC(=O)C(=C(O)CBr)N1CC(NC(=O)Cc2cccc(SC=O)c2)C1=O. The van der Waals surface area contributed by atoms with Gasteiger partial charge in [0.2, 0.25) is 5.91 Å². The molecule has 0 spiro atoms. The topological polar surface area (TPSA) is 113 Å². The van der Waals surface area contributed by atoms with Crippen molar-refractivity contribution in [1.82, 2.24) is 10.2 Å². The minimum absolute atomic E-state index is 0.0302. The fourth-order valence-electron chi connectivity index (χ4n) is 2.72. The number of amides is 2. The van der Waals surface area contributed by atoms with E-state index in [4.69, 9.17) is 4.74 Å². The normalized spacial score (nSPS) is 17.0. The summed E-state index contributed by atoms with van der Waals surface area (Å²) in [4.78, 5) is 49.7. The maximum atomic E-state index is 12.5. The average Bonchev–Trinajstić information content (AvgIpc) is 2.65. The third-order valence-corrected chi connectivity index (χ3v) is 5.13. The molecule has 8 nitrogen and oxygen atoms in total. The summed E-state index contributed by atoms with van der Waals surface area (Å²) in [7, 11) is 0. The van der Waals surface area contributed by atoms with E-state index >= 15 is 0 Å². The number of alkyl halides is 1. The van der Waals surface area contributed by atoms with E-state index in [2.05, 4.69) is 21.2 Å². The third-order valence-electron chi connectivity index (χ3n) is 3.97. The molecule has 2 rings (SSSR count). The number of hydrogen-bond donors (Lipinski definition) is 2. The first-order chi connectivity index (χ1) is 14.1. The highest BCUT2D eigenvalue weighted by molar-refractivity contribution is 9.09. The number of aliphatic hydroxyl groups excluding tert-OH is 1. The van der Waals surface area contributed by atoms with Crippen LogP contribution in [0.25, 0.3) is 0 Å². The van der Waals surface area contributed by atoms with E-state index in [1.165, 1.54) is 0 Å². The number of halogens is 1. The fraction of sp³-hybridized carbons (Fsp3) is 0.400. The number of likely N-dealkylation sites (tertiary alicyclic amines) is 1. The van der Waals surface area contributed by atoms with E-state index in [9.17, 15) is 24.3 Å². The minimum atomic E-state index is -0.818. The monoisotopic (exact) mass is 498 g/mol. The quantitative estimate of drug-likeness (QED) is 0.107. The molecule has 1 aliphatic rings. The first-order valence-electron chi connectivity index (χ1n) is 9.07. The van der Waals surface area contributed by atoms with E-state index in [-0.39, 0.29) is 35.7 Å². The first-order valence-corrected chi connectivity index (χ1v) is 11.1. The molecule has 10 heteroatoms. The number of carbonyl (C=O) groups excluding carboxylic acids is 4. The molecule has 1 saturated heterocycles. The minimum Gasteiger partial charge on any atom is -0.509 e. The number of allylic oxidation sites excluding steroid dienone is 1. The molecule has 0 aliphatic carbocycles. The van der Waals surface area contributed by atoms with Crippen LogP contribution in [0.5, 0.6) is 0 Å². The number of nitrogens with one attached hydrogen (secondary N) is 1. The predicted octanol–water partition coefficient (Wildman–Crippen LogP) is 2.34. The number of benzene rings is 1. The van der Waals surface area contributed by atoms with Crippen molar-refractivity contribution in [3.63, 3.8) is 0 Å². The second kappa shape index (κ2) is 10.1. The summed E-state index contributed by atoms with van der Waals surface area (Å²) in [6.45, 7) is 5.07. The molecule has 2 amide bonds. The lowest BCUT2D eigenvalue weighted by Gasteiger charge is -2.39. The summed E-state index contributed by atoms with van der Waals surface area (Å²) in [5.41, 5.74) is 0.372. The molecule has 2 N–H and O–H groups in total. The zero-order chi connectivity index (χ0) is 22.5. The van der Waals surface area contributed by atoms with Crippen LogP contribution >= 0.6 is 27.7 Å². The molecule has 30 heavy (non-hydrogen) atoms. The maximum Gasteiger partial charge on any atom is 0.359 e. The van der Waals surface area contributed by atoms with Gasteiger partial charge in [-0.15, -0.1) is 0 Å². The molecule has 0 radical (unpaired) electrons. The summed E-state index contributed by atoms with van der Waals surface area (Å²) in [5.74, 6) is -2.02. The van der Waals surface area contributed by atoms with Gasteiger partial charge in [-0.1, -0.05) is 39.8 Å². The number of esters is 1. The molecule has 1 aromatic carbocycles. The van der Waals surface area contributed by atoms with Gasteiger partial charge in [-0.2, -0.15) is 0 Å². The van der Waals surface area contributed by atoms with Crippen molar-refractivity contribution >= 4 is 51.1 Å². The van der Waals surface area contributed by atoms with Crippen molar-refractivity contribution in [2.75, 3.05) is 11.9 Å². The van der Waals surface area contributed by atoms with Crippen LogP contribution < -0.4 is 5.32 Å². The van der Waals surface area contributed by atoms with Crippen LogP contribution in [0, 0.1) is 0 Å². The maximum absolute atomic E-state index is 12.5. The number of hydrogen-bond acceptors (Lipinski definition) is 7. The molecule has 0 saturated carbocycles. The van der Waals surface area contributed by atoms with Crippen LogP contribution in [0.15, 0.2) is 40.6 Å². The van der Waals surface area contributed by atoms with Crippen molar-refractivity contribution < 1.29 is 29.0 Å². The van der Waals surface area contributed by atoms with Crippen molar-refractivity contribution in [3.05, 3.63) is 41.3 Å². The fourth-order valence-corrected chi connectivity index (χ4v) is 3.48. The molecule has 1 unspecified atom stereocenters. The molecule has 0 bridgehead atoms. The van der Waals surface area contributed by atoms with Crippen LogP contribution in [0.4, 0.5) is 0 Å². The van der Waals surface area contributed by atoms with Gasteiger partial charge in [0.15, 0.2) is 11.3 Å². The van der Waals surface area contributed by atoms with E-state index in [1.807, 2.05) is 0 Å². The molecular formula is C20H23BrN2O6S. The zero-order valence-corrected chi connectivity index (χ0v) is 19.2. The van der Waals surface area contributed by atoms with Crippen molar-refractivity contribution in [2.45, 2.75) is 43.7 Å². The highest BCUT2D eigenvalue weighted by Gasteiger charge is 2.44. The van der Waals surface area contributed by atoms with E-state index in [0.29, 0.717) is 11.2 Å². The van der Waals surface area contributed by atoms with Crippen LogP contribution in [0.2, 0.25) is 0 Å². The van der Waals surface area contributed by atoms with Crippen molar-refractivity contribution in [1.29, 1.82) is 0 Å². The van der Waals surface area contributed by atoms with Gasteiger partial charge < -0.3 is 15.2 Å². The zero-order valence-electron chi connectivity index (χ0n) is 16.8. The Hall–Kier alpha value is -2.33. The molecule has 1 aliphatic heterocycles. The number of thioether (sulfide) groups is 1. The molecule has 1 aromatic rings. The number of nitrogens with zero attached hydrogens (tertiary/aromatic N) is 1. The molecule has 1 fully saturated rings. The lowest BCUT2D eigenvalue weighted by atomic mass is 10.0. The van der Waals surface area contributed by atoms with Gasteiger partial charge in [-0.05, 0) is 38.5 Å². The first kappa shape index (κ1) is 23.9. The van der Waals surface area contributed by atoms with Gasteiger partial charge >= 0.3 is 5.97 Å². The number of aliphatic hydroxyl groups is 1. The van der Waals surface area contributed by atoms with Crippen molar-refractivity contribution in [3.8, 4) is 0 Å². The Morgan fingerprint density at radius 2 is 2.10 bits per heavy atom. The largest absolute Gasteiger partial charge is 0.509 e. The van der Waals surface area contributed by atoms with Gasteiger partial charge in [-0.25, -0.2) is 4.79 Å². The summed E-state index contributed by atoms with van der Waals surface area (Å²) >= 11 is 4.08. The Morgan fingerprint density at radius 1 is 1.40 bits per heavy atom. The van der Waals surface area contributed by atoms with Crippen LogP contribution in [0.1, 0.15) is 26.3 Å². The Morgan fingerprint density at radius 3 is 2.67 bits per heavy atom. The van der Waals surface area contributed by atoms with Gasteiger partial charge in [-0.3, -0.25) is 19.3 Å². The van der Waals surface area contributed by atoms with E-state index < -0.39 is 23.5 Å². The van der Waals surface area contributed by atoms with E-state index in [0.717, 1.165) is 21.6 Å². The average molecular weight is 499 g/mol. The molecule has 0 aromatic heterocycles. The second-order valence-electron chi connectivity index (χ2n) is 7.54. The van der Waals surface area contributed by atoms with Gasteiger partial charge in [0.05, 0.1) is 18.3 Å². The lowest BCUT2D eigenvalue weighted by Crippen LogP contribution is -2.64. The molecular weight excluding hydrogens is 476 g/mol. The summed E-state index contributed by atoms with van der Waals surface area (Å²) in [6.07, 6.45) is 0.0401. The number of β-lactam (4-membered cyclic amide) rings is 1. The Kier molecular flexibility index (Phi) is 8.08. The van der Waals surface area contributed by atoms with Crippen molar-refractivity contribution in [2.24, 2.45) is 0 Å². The van der Waals surface area contributed by atoms with Gasteiger partial charge in [0.1, 0.15) is 17.4 Å². The summed E-state index contributed by atoms with van der Waals surface area (Å²) in [6, 6.07) is 6.18. The predicted molar refractivity (Wildman–Crippen MR) is 116 cm³/mol. The highest BCUT2D eigenvalue weighted by atomic mass is 79.9. The molecule has 1 heterocycles. The summed E-state index contributed by atoms with van der Waals surface area (Å²) in [5, 5.41) is 12.7. The number of rotatable bonds is 8. The lowest BCUT2D eigenvalue weighted by molar-refractivity contribution is -0.158. The summed E-state index contributed by atoms with van der Waals surface area (Å²) < 4.78 is 5.27. The van der Waals surface area contributed by atoms with Gasteiger partial charge in [0.25, 0.3) is 5.91 Å². The smallest absolute Gasteiger partial charge is 0.359 e. The standard InChI is InChI=1S/C20H23BrN2O6S/c1-20(2,3)29-19(28)17(15(25)9-21)23-10-14(18(23)27)22-16(26)8-12-5-4-6-13(7-12)30-11-24/h4-7,11,14,25H,8-10H2,1-3H3,(H,22,26). The number of carbonyl (C=O) groups is 4.